The molecule has 2 aromatic rings. The van der Waals surface area contributed by atoms with Crippen molar-refractivity contribution in [3.8, 4) is 5.75 Å². The van der Waals surface area contributed by atoms with Gasteiger partial charge in [0.05, 0.1) is 25.3 Å². The number of aliphatic hydroxyl groups is 1. The van der Waals surface area contributed by atoms with Crippen molar-refractivity contribution in [1.82, 2.24) is 14.8 Å². The summed E-state index contributed by atoms with van der Waals surface area (Å²) in [5.74, 6) is -1.86. The van der Waals surface area contributed by atoms with Crippen LogP contribution in [0.3, 0.4) is 0 Å². The highest BCUT2D eigenvalue weighted by Crippen LogP contribution is 2.43. The Morgan fingerprint density at radius 3 is 2.51 bits per heavy atom. The van der Waals surface area contributed by atoms with Crippen LogP contribution in [0.1, 0.15) is 52.3 Å². The molecule has 0 aliphatic carbocycles. The molecule has 9 nitrogen and oxygen atoms in total. The number of nitrogens with one attached hydrogen (secondary N) is 1. The molecule has 9 heteroatoms. The molecule has 0 radical (unpaired) electrons. The topological polar surface area (TPSA) is 112 Å². The summed E-state index contributed by atoms with van der Waals surface area (Å²) in [7, 11) is 5.39. The van der Waals surface area contributed by atoms with E-state index in [0.717, 1.165) is 6.54 Å². The number of ketones is 1. The minimum absolute atomic E-state index is 0.0371. The molecule has 0 saturated carbocycles. The normalized spacial score (nSPS) is 17.3. The van der Waals surface area contributed by atoms with E-state index in [1.807, 2.05) is 19.0 Å². The van der Waals surface area contributed by atoms with Gasteiger partial charge in [-0.05, 0) is 59.5 Å². The molecule has 1 atom stereocenters. The molecule has 1 aromatic heterocycles. The number of hydrogen-bond acceptors (Lipinski definition) is 7. The third-order valence-corrected chi connectivity index (χ3v) is 6.13. The number of benzene rings is 1. The van der Waals surface area contributed by atoms with Gasteiger partial charge in [0.1, 0.15) is 17.2 Å². The summed E-state index contributed by atoms with van der Waals surface area (Å²) in [6, 6.07) is 6.28. The zero-order valence-corrected chi connectivity index (χ0v) is 21.1. The summed E-state index contributed by atoms with van der Waals surface area (Å²) < 4.78 is 10.6. The number of H-pyrrole nitrogens is 1. The predicted molar refractivity (Wildman–Crippen MR) is 131 cm³/mol. The van der Waals surface area contributed by atoms with Crippen molar-refractivity contribution in [1.29, 1.82) is 0 Å². The molecule has 2 heterocycles. The Bertz CT molecular complexity index is 1160. The number of esters is 1. The van der Waals surface area contributed by atoms with Crippen LogP contribution >= 0.6 is 0 Å². The molecule has 3 rings (SSSR count). The quantitative estimate of drug-likeness (QED) is 0.244. The van der Waals surface area contributed by atoms with Crippen molar-refractivity contribution >= 4 is 23.4 Å². The Morgan fingerprint density at radius 2 is 1.89 bits per heavy atom. The fourth-order valence-electron chi connectivity index (χ4n) is 4.53. The lowest BCUT2D eigenvalue weighted by molar-refractivity contribution is -0.140. The number of carbonyl (C=O) groups excluding carboxylic acids is 3. The Morgan fingerprint density at radius 1 is 1.20 bits per heavy atom. The van der Waals surface area contributed by atoms with Gasteiger partial charge in [-0.15, -0.1) is 0 Å². The molecule has 1 fully saturated rings. The highest BCUT2D eigenvalue weighted by atomic mass is 16.5. The summed E-state index contributed by atoms with van der Waals surface area (Å²) in [5.41, 5.74) is 1.98. The zero-order chi connectivity index (χ0) is 25.9. The number of Topliss-reactive ketones (excluding diaryl/α,β-unsaturated/α-hetero) is 1. The first-order valence-electron chi connectivity index (χ1n) is 11.6. The van der Waals surface area contributed by atoms with Gasteiger partial charge in [-0.3, -0.25) is 9.59 Å². The lowest BCUT2D eigenvalue weighted by Crippen LogP contribution is -2.32. The van der Waals surface area contributed by atoms with E-state index in [9.17, 15) is 19.5 Å². The molecular formula is C26H33N3O6. The summed E-state index contributed by atoms with van der Waals surface area (Å²) in [4.78, 5) is 45.3. The predicted octanol–water partition coefficient (Wildman–Crippen LogP) is 3.19. The highest BCUT2D eigenvalue weighted by Gasteiger charge is 2.47. The van der Waals surface area contributed by atoms with Gasteiger partial charge in [0.25, 0.3) is 11.7 Å². The Balaban J connectivity index is 2.20. The Hall–Kier alpha value is -3.59. The third kappa shape index (κ3) is 4.95. The Kier molecular flexibility index (Phi) is 8.01. The number of aromatic nitrogens is 1. The van der Waals surface area contributed by atoms with Crippen LogP contribution in [0, 0.1) is 13.8 Å². The number of rotatable bonds is 9. The minimum Gasteiger partial charge on any atom is -0.507 e. The number of ether oxygens (including phenoxy) is 2. The fourth-order valence-corrected chi connectivity index (χ4v) is 4.53. The van der Waals surface area contributed by atoms with Crippen LogP contribution in [0.15, 0.2) is 29.8 Å². The number of aromatic amines is 1. The standard InChI is InChI=1S/C26H33N3O6/c1-7-35-26(33)21-15(2)19(16(3)27-21)23(30)20-22(17-11-8-9-12-18(17)34-6)29(25(32)24(20)31)14-10-13-28(4)5/h8-9,11-12,22,27,30H,7,10,13-14H2,1-6H3/b23-20+/t22-/m1/s1. The number of carbonyl (C=O) groups is 3. The van der Waals surface area contributed by atoms with Crippen LogP contribution in [-0.2, 0) is 14.3 Å². The molecule has 1 aliphatic heterocycles. The van der Waals surface area contributed by atoms with Gasteiger partial charge < -0.3 is 29.4 Å². The lowest BCUT2D eigenvalue weighted by atomic mass is 9.93. The van der Waals surface area contributed by atoms with Gasteiger partial charge in [0.15, 0.2) is 0 Å². The maximum Gasteiger partial charge on any atom is 0.355 e. The van der Waals surface area contributed by atoms with Crippen LogP contribution in [0.2, 0.25) is 0 Å². The van der Waals surface area contributed by atoms with Crippen molar-refractivity contribution in [2.24, 2.45) is 0 Å². The lowest BCUT2D eigenvalue weighted by Gasteiger charge is -2.27. The second-order valence-electron chi connectivity index (χ2n) is 8.74. The molecule has 1 amide bonds. The second kappa shape index (κ2) is 10.8. The summed E-state index contributed by atoms with van der Waals surface area (Å²) in [6.07, 6.45) is 0.640. The number of amides is 1. The molecule has 2 N–H and O–H groups in total. The number of aliphatic hydroxyl groups excluding tert-OH is 1. The molecular weight excluding hydrogens is 450 g/mol. The molecule has 35 heavy (non-hydrogen) atoms. The van der Waals surface area contributed by atoms with E-state index in [1.54, 1.807) is 45.0 Å². The van der Waals surface area contributed by atoms with Crippen LogP contribution in [0.5, 0.6) is 5.75 Å². The first kappa shape index (κ1) is 26.0. The molecule has 1 aromatic carbocycles. The summed E-state index contributed by atoms with van der Waals surface area (Å²) in [6.45, 7) is 6.30. The molecule has 0 unspecified atom stereocenters. The molecule has 0 spiro atoms. The van der Waals surface area contributed by atoms with Gasteiger partial charge in [0.2, 0.25) is 0 Å². The summed E-state index contributed by atoms with van der Waals surface area (Å²) in [5, 5.41) is 11.5. The smallest absolute Gasteiger partial charge is 0.355 e. The Labute approximate surface area is 205 Å². The highest BCUT2D eigenvalue weighted by molar-refractivity contribution is 6.46. The van der Waals surface area contributed by atoms with E-state index in [4.69, 9.17) is 9.47 Å². The monoisotopic (exact) mass is 483 g/mol. The van der Waals surface area contributed by atoms with Gasteiger partial charge in [-0.1, -0.05) is 18.2 Å². The van der Waals surface area contributed by atoms with Gasteiger partial charge in [0, 0.05) is 23.4 Å². The molecule has 188 valence electrons. The second-order valence-corrected chi connectivity index (χ2v) is 8.74. The average molecular weight is 484 g/mol. The van der Waals surface area contributed by atoms with Crippen LogP contribution in [-0.4, -0.2) is 78.5 Å². The maximum atomic E-state index is 13.3. The van der Waals surface area contributed by atoms with Gasteiger partial charge >= 0.3 is 5.97 Å². The number of hydrogen-bond donors (Lipinski definition) is 2. The first-order chi connectivity index (χ1) is 16.6. The first-order valence-corrected chi connectivity index (χ1v) is 11.6. The largest absolute Gasteiger partial charge is 0.507 e. The van der Waals surface area contributed by atoms with Crippen molar-refractivity contribution in [3.05, 3.63) is 57.9 Å². The van der Waals surface area contributed by atoms with Gasteiger partial charge in [-0.25, -0.2) is 4.79 Å². The van der Waals surface area contributed by atoms with Crippen LogP contribution in [0.4, 0.5) is 0 Å². The number of para-hydroxylation sites is 1. The van der Waals surface area contributed by atoms with Crippen molar-refractivity contribution in [3.63, 3.8) is 0 Å². The number of nitrogens with zero attached hydrogens (tertiary/aromatic N) is 2. The average Bonchev–Trinajstić information content (AvgIpc) is 3.26. The zero-order valence-electron chi connectivity index (χ0n) is 21.1. The van der Waals surface area contributed by atoms with Crippen molar-refractivity contribution in [2.75, 3.05) is 40.9 Å². The van der Waals surface area contributed by atoms with Crippen molar-refractivity contribution < 1.29 is 29.0 Å². The van der Waals surface area contributed by atoms with E-state index in [0.29, 0.717) is 41.1 Å². The third-order valence-electron chi connectivity index (χ3n) is 6.13. The van der Waals surface area contributed by atoms with E-state index in [2.05, 4.69) is 4.98 Å². The summed E-state index contributed by atoms with van der Waals surface area (Å²) >= 11 is 0. The number of aryl methyl sites for hydroxylation is 1. The van der Waals surface area contributed by atoms with Crippen molar-refractivity contribution in [2.45, 2.75) is 33.2 Å². The number of methoxy groups -OCH3 is 1. The fraction of sp³-hybridized carbons (Fsp3) is 0.423. The SMILES string of the molecule is CCOC(=O)c1[nH]c(C)c(/C(O)=C2\C(=O)C(=O)N(CCCN(C)C)[C@@H]2c2ccccc2OC)c1C. The minimum atomic E-state index is -0.840. The van der Waals surface area contributed by atoms with Crippen LogP contribution in [0.25, 0.3) is 5.76 Å². The number of likely N-dealkylation sites (tertiary alicyclic amines) is 1. The molecule has 1 saturated heterocycles. The van der Waals surface area contributed by atoms with Crippen LogP contribution < -0.4 is 4.74 Å². The van der Waals surface area contributed by atoms with E-state index in [-0.39, 0.29) is 23.6 Å². The van der Waals surface area contributed by atoms with Gasteiger partial charge in [-0.2, -0.15) is 0 Å². The van der Waals surface area contributed by atoms with E-state index >= 15 is 0 Å². The molecule has 1 aliphatic rings. The van der Waals surface area contributed by atoms with E-state index < -0.39 is 23.7 Å². The van der Waals surface area contributed by atoms with E-state index in [1.165, 1.54) is 12.0 Å². The molecule has 0 bridgehead atoms. The maximum absolute atomic E-state index is 13.3.